The van der Waals surface area contributed by atoms with Crippen LogP contribution in [-0.2, 0) is 4.74 Å². The number of ether oxygens (including phenoxy) is 1. The first kappa shape index (κ1) is 13.9. The number of amidine groups is 1. The van der Waals surface area contributed by atoms with Gasteiger partial charge in [-0.3, -0.25) is 14.8 Å². The lowest BCUT2D eigenvalue weighted by Gasteiger charge is -2.32. The number of hydrogen-bond acceptors (Lipinski definition) is 7. The number of aromatic nitrogens is 4. The number of hydrogen-bond donors (Lipinski definition) is 1. The first-order valence-electron chi connectivity index (χ1n) is 8.26. The summed E-state index contributed by atoms with van der Waals surface area (Å²) in [6.45, 7) is 5.99. The SMILES string of the molecule is Cc1cn(-c2cc(NC3=NC[C@@]4(C[N@@]5CC[C@@H]4C5)O3)ncn2)cn1. The summed E-state index contributed by atoms with van der Waals surface area (Å²) in [6, 6.07) is 2.43. The molecule has 0 unspecified atom stereocenters. The summed E-state index contributed by atoms with van der Waals surface area (Å²) in [7, 11) is 0. The number of aryl methyl sites for hydroxylation is 1. The second-order valence-corrected chi connectivity index (χ2v) is 6.82. The van der Waals surface area contributed by atoms with E-state index in [0.29, 0.717) is 17.8 Å². The van der Waals surface area contributed by atoms with Crippen LogP contribution < -0.4 is 5.32 Å². The molecule has 8 heteroatoms. The van der Waals surface area contributed by atoms with Crippen LogP contribution in [0, 0.1) is 12.8 Å². The maximum Gasteiger partial charge on any atom is 0.291 e. The number of rotatable bonds is 2. The molecule has 3 atom stereocenters. The zero-order valence-corrected chi connectivity index (χ0v) is 13.5. The molecule has 124 valence electrons. The fourth-order valence-corrected chi connectivity index (χ4v) is 3.95. The topological polar surface area (TPSA) is 80.5 Å². The monoisotopic (exact) mass is 325 g/mol. The highest BCUT2D eigenvalue weighted by atomic mass is 16.5. The summed E-state index contributed by atoms with van der Waals surface area (Å²) >= 11 is 0. The highest BCUT2D eigenvalue weighted by molar-refractivity contribution is 5.89. The van der Waals surface area contributed by atoms with Crippen molar-refractivity contribution < 1.29 is 4.74 Å². The molecular weight excluding hydrogens is 306 g/mol. The average Bonchev–Trinajstić information content (AvgIpc) is 3.34. The number of aliphatic imine (C=N–C) groups is 1. The van der Waals surface area contributed by atoms with Crippen molar-refractivity contribution >= 4 is 11.8 Å². The van der Waals surface area contributed by atoms with Crippen molar-refractivity contribution in [2.24, 2.45) is 10.9 Å². The molecule has 2 aromatic heterocycles. The molecule has 8 nitrogen and oxygen atoms in total. The molecule has 2 saturated heterocycles. The predicted octanol–water partition coefficient (Wildman–Crippen LogP) is 0.843. The summed E-state index contributed by atoms with van der Waals surface area (Å²) in [4.78, 5) is 19.8. The minimum atomic E-state index is -0.127. The Morgan fingerprint density at radius 2 is 2.29 bits per heavy atom. The Bertz CT molecular complexity index is 816. The van der Waals surface area contributed by atoms with Crippen LogP contribution >= 0.6 is 0 Å². The average molecular weight is 325 g/mol. The smallest absolute Gasteiger partial charge is 0.291 e. The molecule has 0 aliphatic carbocycles. The van der Waals surface area contributed by atoms with Gasteiger partial charge in [-0.25, -0.2) is 19.9 Å². The molecule has 0 aromatic carbocycles. The summed E-state index contributed by atoms with van der Waals surface area (Å²) in [5, 5.41) is 3.19. The van der Waals surface area contributed by atoms with Crippen molar-refractivity contribution in [3.63, 3.8) is 0 Å². The van der Waals surface area contributed by atoms with Crippen LogP contribution in [0.5, 0.6) is 0 Å². The first-order valence-corrected chi connectivity index (χ1v) is 8.26. The van der Waals surface area contributed by atoms with Crippen LogP contribution in [0.2, 0.25) is 0 Å². The van der Waals surface area contributed by atoms with Gasteiger partial charge in [0.15, 0.2) is 0 Å². The van der Waals surface area contributed by atoms with Gasteiger partial charge in [0.05, 0.1) is 12.2 Å². The lowest BCUT2D eigenvalue weighted by molar-refractivity contribution is 0.0364. The molecular formula is C16H19N7O. The molecule has 2 bridgehead atoms. The van der Waals surface area contributed by atoms with E-state index in [1.807, 2.05) is 23.8 Å². The van der Waals surface area contributed by atoms with Gasteiger partial charge in [0.2, 0.25) is 0 Å². The van der Waals surface area contributed by atoms with E-state index in [2.05, 4.69) is 30.2 Å². The van der Waals surface area contributed by atoms with E-state index in [4.69, 9.17) is 4.74 Å². The van der Waals surface area contributed by atoms with Crippen LogP contribution in [-0.4, -0.2) is 62.2 Å². The van der Waals surface area contributed by atoms with Crippen molar-refractivity contribution in [2.75, 3.05) is 31.5 Å². The van der Waals surface area contributed by atoms with Crippen LogP contribution in [0.25, 0.3) is 5.82 Å². The van der Waals surface area contributed by atoms with E-state index < -0.39 is 0 Å². The summed E-state index contributed by atoms with van der Waals surface area (Å²) < 4.78 is 8.08. The third-order valence-electron chi connectivity index (χ3n) is 5.16. The van der Waals surface area contributed by atoms with Crippen molar-refractivity contribution in [1.29, 1.82) is 0 Å². The van der Waals surface area contributed by atoms with E-state index in [1.165, 1.54) is 19.3 Å². The third-order valence-corrected chi connectivity index (χ3v) is 5.16. The highest BCUT2D eigenvalue weighted by Crippen LogP contribution is 2.41. The van der Waals surface area contributed by atoms with Gasteiger partial charge in [0.1, 0.15) is 29.9 Å². The van der Waals surface area contributed by atoms with Crippen LogP contribution in [0.1, 0.15) is 12.1 Å². The quantitative estimate of drug-likeness (QED) is 0.881. The summed E-state index contributed by atoms with van der Waals surface area (Å²) in [5.41, 5.74) is 0.817. The van der Waals surface area contributed by atoms with E-state index in [1.54, 1.807) is 6.33 Å². The van der Waals surface area contributed by atoms with Gasteiger partial charge >= 0.3 is 0 Å². The van der Waals surface area contributed by atoms with E-state index in [-0.39, 0.29) is 5.60 Å². The Hall–Kier alpha value is -2.48. The fraction of sp³-hybridized carbons (Fsp3) is 0.500. The number of piperidine rings is 1. The standard InChI is InChI=1S/C16H19N7O/c1-11-5-23(10-20-11)14-4-13(18-9-19-14)21-15-17-7-16(24-15)8-22-3-2-12(16)6-22/h4-5,9-10,12H,2-3,6-8H2,1H3,(H,17,18,19,21)/t12-,16+/m1/s1. The Balaban J connectivity index is 1.32. The van der Waals surface area contributed by atoms with Gasteiger partial charge in [-0.15, -0.1) is 0 Å². The maximum atomic E-state index is 6.22. The Kier molecular flexibility index (Phi) is 2.90. The molecule has 1 spiro atoms. The normalized spacial score (nSPS) is 30.6. The van der Waals surface area contributed by atoms with E-state index in [0.717, 1.165) is 31.1 Å². The second-order valence-electron chi connectivity index (χ2n) is 6.82. The molecule has 0 amide bonds. The van der Waals surface area contributed by atoms with Crippen molar-refractivity contribution in [3.8, 4) is 5.82 Å². The second kappa shape index (κ2) is 5.01. The minimum Gasteiger partial charge on any atom is -0.455 e. The Labute approximate surface area is 139 Å². The Morgan fingerprint density at radius 3 is 3.04 bits per heavy atom. The summed E-state index contributed by atoms with van der Waals surface area (Å²) in [6.07, 6.45) is 6.40. The largest absolute Gasteiger partial charge is 0.455 e. The molecule has 3 aliphatic heterocycles. The van der Waals surface area contributed by atoms with Crippen molar-refractivity contribution in [2.45, 2.75) is 18.9 Å². The number of nitrogens with zero attached hydrogens (tertiary/aromatic N) is 6. The van der Waals surface area contributed by atoms with Gasteiger partial charge < -0.3 is 4.74 Å². The molecule has 1 N–H and O–H groups in total. The highest BCUT2D eigenvalue weighted by Gasteiger charge is 2.54. The van der Waals surface area contributed by atoms with Crippen molar-refractivity contribution in [3.05, 3.63) is 30.6 Å². The fourth-order valence-electron chi connectivity index (χ4n) is 3.95. The molecule has 0 radical (unpaired) electrons. The number of imidazole rings is 1. The van der Waals surface area contributed by atoms with Gasteiger partial charge in [-0.05, 0) is 19.9 Å². The number of anilines is 1. The maximum absolute atomic E-state index is 6.22. The van der Waals surface area contributed by atoms with E-state index >= 15 is 0 Å². The number of nitrogens with one attached hydrogen (secondary N) is 1. The molecule has 2 fully saturated rings. The zero-order valence-electron chi connectivity index (χ0n) is 13.5. The van der Waals surface area contributed by atoms with Gasteiger partial charge in [0, 0.05) is 31.3 Å². The van der Waals surface area contributed by atoms with E-state index in [9.17, 15) is 0 Å². The molecule has 5 heterocycles. The summed E-state index contributed by atoms with van der Waals surface area (Å²) in [5.74, 6) is 2.02. The van der Waals surface area contributed by atoms with Gasteiger partial charge in [-0.2, -0.15) is 0 Å². The minimum absolute atomic E-state index is 0.127. The molecule has 0 saturated carbocycles. The van der Waals surface area contributed by atoms with Crippen molar-refractivity contribution in [1.82, 2.24) is 24.4 Å². The van der Waals surface area contributed by atoms with Crippen LogP contribution in [0.15, 0.2) is 29.9 Å². The molecule has 3 aliphatic rings. The number of fused-ring (bicyclic) bond motifs is 3. The predicted molar refractivity (Wildman–Crippen MR) is 88.2 cm³/mol. The molecule has 5 rings (SSSR count). The van der Waals surface area contributed by atoms with Gasteiger partial charge in [0.25, 0.3) is 6.02 Å². The lowest BCUT2D eigenvalue weighted by Crippen LogP contribution is -2.46. The first-order chi connectivity index (χ1) is 11.7. The van der Waals surface area contributed by atoms with Gasteiger partial charge in [-0.1, -0.05) is 0 Å². The zero-order chi connectivity index (χ0) is 16.1. The molecule has 2 aromatic rings. The Morgan fingerprint density at radius 1 is 1.33 bits per heavy atom. The lowest BCUT2D eigenvalue weighted by atomic mass is 9.88. The third kappa shape index (κ3) is 2.17. The molecule has 24 heavy (non-hydrogen) atoms. The van der Waals surface area contributed by atoms with Crippen LogP contribution in [0.4, 0.5) is 5.82 Å². The van der Waals surface area contributed by atoms with Crippen LogP contribution in [0.3, 0.4) is 0 Å².